The number of anilines is 2. The quantitative estimate of drug-likeness (QED) is 0.825. The summed E-state index contributed by atoms with van der Waals surface area (Å²) in [6.07, 6.45) is 1.00. The molecule has 0 aliphatic rings. The SMILES string of the molecule is CCc1cccc(NC(=S)N(C)c2ccccc2Cl)c1. The van der Waals surface area contributed by atoms with Crippen LogP contribution in [0.4, 0.5) is 11.4 Å². The lowest BCUT2D eigenvalue weighted by Gasteiger charge is -2.22. The Morgan fingerprint density at radius 2 is 1.95 bits per heavy atom. The van der Waals surface area contributed by atoms with Crippen LogP contribution < -0.4 is 10.2 Å². The summed E-state index contributed by atoms with van der Waals surface area (Å²) in [5, 5.41) is 4.54. The van der Waals surface area contributed by atoms with E-state index in [2.05, 4.69) is 24.4 Å². The molecule has 0 bridgehead atoms. The Kier molecular flexibility index (Phi) is 4.99. The fourth-order valence-corrected chi connectivity index (χ4v) is 2.39. The molecule has 4 heteroatoms. The number of hydrogen-bond acceptors (Lipinski definition) is 1. The summed E-state index contributed by atoms with van der Waals surface area (Å²) < 4.78 is 0. The van der Waals surface area contributed by atoms with Crippen molar-refractivity contribution in [3.8, 4) is 0 Å². The summed E-state index contributed by atoms with van der Waals surface area (Å²) >= 11 is 11.6. The largest absolute Gasteiger partial charge is 0.332 e. The lowest BCUT2D eigenvalue weighted by Crippen LogP contribution is -2.31. The maximum absolute atomic E-state index is 6.18. The molecule has 2 aromatic carbocycles. The molecule has 0 aliphatic carbocycles. The summed E-state index contributed by atoms with van der Waals surface area (Å²) in [5.74, 6) is 0. The van der Waals surface area contributed by atoms with Crippen molar-refractivity contribution in [2.45, 2.75) is 13.3 Å². The van der Waals surface area contributed by atoms with E-state index < -0.39 is 0 Å². The Hall–Kier alpha value is -1.58. The van der Waals surface area contributed by atoms with E-state index in [1.807, 2.05) is 48.3 Å². The smallest absolute Gasteiger partial charge is 0.177 e. The van der Waals surface area contributed by atoms with Crippen LogP contribution in [0.1, 0.15) is 12.5 Å². The van der Waals surface area contributed by atoms with Crippen molar-refractivity contribution in [1.82, 2.24) is 0 Å². The highest BCUT2D eigenvalue weighted by Crippen LogP contribution is 2.24. The molecule has 0 saturated carbocycles. The number of nitrogens with one attached hydrogen (secondary N) is 1. The van der Waals surface area contributed by atoms with Crippen LogP contribution in [0.25, 0.3) is 0 Å². The number of benzene rings is 2. The minimum Gasteiger partial charge on any atom is -0.332 e. The van der Waals surface area contributed by atoms with Crippen molar-refractivity contribution in [2.24, 2.45) is 0 Å². The number of halogens is 1. The van der Waals surface area contributed by atoms with Gasteiger partial charge in [0.15, 0.2) is 5.11 Å². The van der Waals surface area contributed by atoms with Crippen LogP contribution in [0.2, 0.25) is 5.02 Å². The van der Waals surface area contributed by atoms with Gasteiger partial charge in [-0.1, -0.05) is 42.8 Å². The van der Waals surface area contributed by atoms with Crippen LogP contribution >= 0.6 is 23.8 Å². The summed E-state index contributed by atoms with van der Waals surface area (Å²) in [5.41, 5.74) is 3.16. The molecule has 0 saturated heterocycles. The van der Waals surface area contributed by atoms with E-state index in [4.69, 9.17) is 23.8 Å². The van der Waals surface area contributed by atoms with Crippen molar-refractivity contribution in [3.05, 3.63) is 59.1 Å². The Labute approximate surface area is 130 Å². The standard InChI is InChI=1S/C16H17ClN2S/c1-3-12-7-6-8-13(11-12)18-16(20)19(2)15-10-5-4-9-14(15)17/h4-11H,3H2,1-2H3,(H,18,20). The van der Waals surface area contributed by atoms with E-state index in [9.17, 15) is 0 Å². The molecule has 0 atom stereocenters. The Balaban J connectivity index is 2.13. The van der Waals surface area contributed by atoms with E-state index in [-0.39, 0.29) is 0 Å². The Bertz CT molecular complexity index is 613. The van der Waals surface area contributed by atoms with Crippen LogP contribution in [0.3, 0.4) is 0 Å². The van der Waals surface area contributed by atoms with Gasteiger partial charge in [0.05, 0.1) is 10.7 Å². The zero-order valence-corrected chi connectivity index (χ0v) is 13.1. The average Bonchev–Trinajstić information content (AvgIpc) is 2.47. The second kappa shape index (κ2) is 6.73. The molecule has 2 rings (SSSR count). The van der Waals surface area contributed by atoms with Crippen LogP contribution in [0.15, 0.2) is 48.5 Å². The number of hydrogen-bond donors (Lipinski definition) is 1. The van der Waals surface area contributed by atoms with Crippen molar-refractivity contribution in [1.29, 1.82) is 0 Å². The second-order valence-corrected chi connectivity index (χ2v) is 5.29. The van der Waals surface area contributed by atoms with Crippen molar-refractivity contribution < 1.29 is 0 Å². The third-order valence-electron chi connectivity index (χ3n) is 3.10. The van der Waals surface area contributed by atoms with Gasteiger partial charge < -0.3 is 10.2 Å². The first-order valence-electron chi connectivity index (χ1n) is 6.50. The van der Waals surface area contributed by atoms with Crippen molar-refractivity contribution in [2.75, 3.05) is 17.3 Å². The molecular weight excluding hydrogens is 288 g/mol. The van der Waals surface area contributed by atoms with Gasteiger partial charge in [-0.15, -0.1) is 0 Å². The van der Waals surface area contributed by atoms with Gasteiger partial charge in [-0.25, -0.2) is 0 Å². The lowest BCUT2D eigenvalue weighted by molar-refractivity contribution is 1.14. The molecule has 0 amide bonds. The predicted molar refractivity (Wildman–Crippen MR) is 91.9 cm³/mol. The summed E-state index contributed by atoms with van der Waals surface area (Å²) in [6, 6.07) is 15.9. The van der Waals surface area contributed by atoms with E-state index in [0.717, 1.165) is 17.8 Å². The molecular formula is C16H17ClN2S. The number of para-hydroxylation sites is 1. The van der Waals surface area contributed by atoms with Gasteiger partial charge in [0.2, 0.25) is 0 Å². The molecule has 0 aliphatic heterocycles. The van der Waals surface area contributed by atoms with Crippen LogP contribution in [0.5, 0.6) is 0 Å². The molecule has 0 spiro atoms. The molecule has 1 N–H and O–H groups in total. The van der Waals surface area contributed by atoms with E-state index >= 15 is 0 Å². The molecule has 0 unspecified atom stereocenters. The predicted octanol–water partition coefficient (Wildman–Crippen LogP) is 4.74. The Morgan fingerprint density at radius 1 is 1.20 bits per heavy atom. The van der Waals surface area contributed by atoms with E-state index in [1.165, 1.54) is 5.56 Å². The third kappa shape index (κ3) is 3.50. The molecule has 0 heterocycles. The Morgan fingerprint density at radius 3 is 2.65 bits per heavy atom. The monoisotopic (exact) mass is 304 g/mol. The summed E-state index contributed by atoms with van der Waals surface area (Å²) in [7, 11) is 1.90. The highest BCUT2D eigenvalue weighted by molar-refractivity contribution is 7.80. The number of thiocarbonyl (C=S) groups is 1. The number of rotatable bonds is 3. The van der Waals surface area contributed by atoms with Gasteiger partial charge in [0.25, 0.3) is 0 Å². The first kappa shape index (κ1) is 14.8. The maximum Gasteiger partial charge on any atom is 0.177 e. The van der Waals surface area contributed by atoms with Crippen LogP contribution in [-0.2, 0) is 6.42 Å². The number of aryl methyl sites for hydroxylation is 1. The van der Waals surface area contributed by atoms with E-state index in [1.54, 1.807) is 0 Å². The zero-order chi connectivity index (χ0) is 14.5. The highest BCUT2D eigenvalue weighted by atomic mass is 35.5. The van der Waals surface area contributed by atoms with Gasteiger partial charge in [0, 0.05) is 12.7 Å². The lowest BCUT2D eigenvalue weighted by atomic mass is 10.1. The molecule has 2 nitrogen and oxygen atoms in total. The van der Waals surface area contributed by atoms with E-state index in [0.29, 0.717) is 10.1 Å². The fourth-order valence-electron chi connectivity index (χ4n) is 1.91. The van der Waals surface area contributed by atoms with Gasteiger partial charge in [0.1, 0.15) is 0 Å². The number of nitrogens with zero attached hydrogens (tertiary/aromatic N) is 1. The topological polar surface area (TPSA) is 15.3 Å². The molecule has 0 radical (unpaired) electrons. The summed E-state index contributed by atoms with van der Waals surface area (Å²) in [4.78, 5) is 1.87. The summed E-state index contributed by atoms with van der Waals surface area (Å²) in [6.45, 7) is 2.13. The molecule has 104 valence electrons. The zero-order valence-electron chi connectivity index (χ0n) is 11.6. The van der Waals surface area contributed by atoms with Crippen LogP contribution in [-0.4, -0.2) is 12.2 Å². The average molecular weight is 305 g/mol. The van der Waals surface area contributed by atoms with Crippen LogP contribution in [0, 0.1) is 0 Å². The van der Waals surface area contributed by atoms with Gasteiger partial charge in [-0.2, -0.15) is 0 Å². The first-order valence-corrected chi connectivity index (χ1v) is 7.28. The third-order valence-corrected chi connectivity index (χ3v) is 3.80. The minimum atomic E-state index is 0.617. The molecule has 0 fully saturated rings. The van der Waals surface area contributed by atoms with Crippen molar-refractivity contribution in [3.63, 3.8) is 0 Å². The second-order valence-electron chi connectivity index (χ2n) is 4.49. The molecule has 0 aromatic heterocycles. The van der Waals surface area contributed by atoms with Gasteiger partial charge >= 0.3 is 0 Å². The minimum absolute atomic E-state index is 0.617. The fraction of sp³-hybridized carbons (Fsp3) is 0.188. The maximum atomic E-state index is 6.18. The van der Waals surface area contributed by atoms with Gasteiger partial charge in [-0.05, 0) is 48.5 Å². The van der Waals surface area contributed by atoms with Gasteiger partial charge in [-0.3, -0.25) is 0 Å². The molecule has 2 aromatic rings. The highest BCUT2D eigenvalue weighted by Gasteiger charge is 2.10. The molecule has 20 heavy (non-hydrogen) atoms. The normalized spacial score (nSPS) is 10.2. The van der Waals surface area contributed by atoms with Crippen molar-refractivity contribution >= 4 is 40.3 Å². The first-order chi connectivity index (χ1) is 9.61.